The normalized spacial score (nSPS) is 9.86. The van der Waals surface area contributed by atoms with E-state index in [4.69, 9.17) is 16.3 Å². The van der Waals surface area contributed by atoms with Crippen LogP contribution in [0.5, 0.6) is 0 Å². The van der Waals surface area contributed by atoms with Crippen LogP contribution in [0.25, 0.3) is 0 Å². The predicted molar refractivity (Wildman–Crippen MR) is 55.4 cm³/mol. The second-order valence-corrected chi connectivity index (χ2v) is 3.58. The lowest BCUT2D eigenvalue weighted by Gasteiger charge is -2.02. The molecule has 0 radical (unpaired) electrons. The van der Waals surface area contributed by atoms with E-state index in [1.807, 2.05) is 0 Å². The minimum Gasteiger partial charge on any atom is -0.465 e. The van der Waals surface area contributed by atoms with Crippen LogP contribution < -0.4 is 0 Å². The number of unbranched alkanes of at least 4 members (excludes halogenated alkanes) is 3. The Labute approximate surface area is 89.8 Å². The zero-order valence-corrected chi connectivity index (χ0v) is 9.31. The molecule has 0 aromatic rings. The number of ether oxygens (including phenoxy) is 1. The Morgan fingerprint density at radius 1 is 1.14 bits per heavy atom. The highest BCUT2D eigenvalue weighted by Crippen LogP contribution is 2.01. The summed E-state index contributed by atoms with van der Waals surface area (Å²) in [4.78, 5) is 21.4. The average Bonchev–Trinajstić information content (AvgIpc) is 2.10. The Bertz CT molecular complexity index is 180. The zero-order chi connectivity index (χ0) is 10.8. The first-order chi connectivity index (χ1) is 6.66. The molecular weight excluding hydrogens is 204 g/mol. The summed E-state index contributed by atoms with van der Waals surface area (Å²) in [6, 6.07) is 0. The van der Waals surface area contributed by atoms with E-state index in [1.54, 1.807) is 0 Å². The van der Waals surface area contributed by atoms with Crippen LogP contribution in [0.15, 0.2) is 0 Å². The van der Waals surface area contributed by atoms with E-state index in [-0.39, 0.29) is 12.2 Å². The molecule has 0 aromatic carbocycles. The zero-order valence-electron chi connectivity index (χ0n) is 8.55. The van der Waals surface area contributed by atoms with Gasteiger partial charge in [0.15, 0.2) is 0 Å². The molecular formula is C10H17ClO3. The van der Waals surface area contributed by atoms with E-state index in [9.17, 15) is 9.59 Å². The van der Waals surface area contributed by atoms with Crippen molar-refractivity contribution in [3.63, 3.8) is 0 Å². The third kappa shape index (κ3) is 9.52. The van der Waals surface area contributed by atoms with Crippen molar-refractivity contribution in [1.82, 2.24) is 0 Å². The minimum absolute atomic E-state index is 0.109. The summed E-state index contributed by atoms with van der Waals surface area (Å²) in [5, 5.41) is 0. The highest BCUT2D eigenvalue weighted by Gasteiger charge is 2.05. The van der Waals surface area contributed by atoms with Gasteiger partial charge in [0, 0.05) is 5.88 Å². The summed E-state index contributed by atoms with van der Waals surface area (Å²) in [5.41, 5.74) is 0. The highest BCUT2D eigenvalue weighted by atomic mass is 35.5. The van der Waals surface area contributed by atoms with Crippen LogP contribution in [0.4, 0.5) is 0 Å². The van der Waals surface area contributed by atoms with Crippen LogP contribution >= 0.6 is 11.6 Å². The van der Waals surface area contributed by atoms with Crippen molar-refractivity contribution in [1.29, 1.82) is 0 Å². The first kappa shape index (κ1) is 13.4. The molecule has 4 heteroatoms. The number of halogens is 1. The molecule has 3 nitrogen and oxygen atoms in total. The van der Waals surface area contributed by atoms with E-state index in [0.717, 1.165) is 25.7 Å². The van der Waals surface area contributed by atoms with Gasteiger partial charge in [0.1, 0.15) is 12.2 Å². The largest absolute Gasteiger partial charge is 0.465 e. The molecule has 0 aliphatic carbocycles. The van der Waals surface area contributed by atoms with Crippen molar-refractivity contribution in [3.8, 4) is 0 Å². The quantitative estimate of drug-likeness (QED) is 0.273. The van der Waals surface area contributed by atoms with Gasteiger partial charge in [-0.05, 0) is 19.8 Å². The monoisotopic (exact) mass is 220 g/mol. The Morgan fingerprint density at radius 2 is 1.79 bits per heavy atom. The minimum atomic E-state index is -0.421. The van der Waals surface area contributed by atoms with E-state index in [0.29, 0.717) is 12.5 Å². The molecule has 0 N–H and O–H groups in total. The molecule has 0 atom stereocenters. The molecule has 0 unspecified atom stereocenters. The van der Waals surface area contributed by atoms with Crippen molar-refractivity contribution in [2.45, 2.75) is 39.0 Å². The number of hydrogen-bond donors (Lipinski definition) is 0. The number of ketones is 1. The van der Waals surface area contributed by atoms with Gasteiger partial charge < -0.3 is 4.74 Å². The van der Waals surface area contributed by atoms with E-state index in [1.165, 1.54) is 6.92 Å². The maximum atomic E-state index is 10.9. The van der Waals surface area contributed by atoms with Gasteiger partial charge in [0.25, 0.3) is 0 Å². The molecule has 0 rings (SSSR count). The number of carbonyl (C=O) groups excluding carboxylic acids is 2. The second kappa shape index (κ2) is 9.00. The first-order valence-electron chi connectivity index (χ1n) is 4.88. The third-order valence-electron chi connectivity index (χ3n) is 1.68. The lowest BCUT2D eigenvalue weighted by molar-refractivity contribution is -0.145. The summed E-state index contributed by atoms with van der Waals surface area (Å²) < 4.78 is 4.84. The van der Waals surface area contributed by atoms with Crippen LogP contribution in [0, 0.1) is 0 Å². The number of Topliss-reactive ketones (excluding diaryl/α,β-unsaturated/α-hetero) is 1. The average molecular weight is 221 g/mol. The summed E-state index contributed by atoms with van der Waals surface area (Å²) in [6.45, 7) is 1.79. The second-order valence-electron chi connectivity index (χ2n) is 3.20. The lowest BCUT2D eigenvalue weighted by Crippen LogP contribution is -2.09. The van der Waals surface area contributed by atoms with Gasteiger partial charge in [-0.15, -0.1) is 11.6 Å². The third-order valence-corrected chi connectivity index (χ3v) is 1.95. The van der Waals surface area contributed by atoms with Gasteiger partial charge in [-0.25, -0.2) is 0 Å². The Balaban J connectivity index is 3.19. The molecule has 0 bridgehead atoms. The molecule has 0 amide bonds. The summed E-state index contributed by atoms with van der Waals surface area (Å²) >= 11 is 5.50. The van der Waals surface area contributed by atoms with Crippen molar-refractivity contribution in [2.24, 2.45) is 0 Å². The fourth-order valence-corrected chi connectivity index (χ4v) is 1.18. The number of carbonyl (C=O) groups is 2. The number of alkyl halides is 1. The Hall–Kier alpha value is -0.570. The Kier molecular flexibility index (Phi) is 8.64. The van der Waals surface area contributed by atoms with Crippen LogP contribution in [0.2, 0.25) is 0 Å². The number of rotatable bonds is 8. The van der Waals surface area contributed by atoms with Crippen molar-refractivity contribution >= 4 is 23.4 Å². The van der Waals surface area contributed by atoms with Gasteiger partial charge in [0.05, 0.1) is 6.61 Å². The van der Waals surface area contributed by atoms with Crippen LogP contribution in [-0.2, 0) is 14.3 Å². The smallest absolute Gasteiger partial charge is 0.313 e. The van der Waals surface area contributed by atoms with Gasteiger partial charge in [-0.3, -0.25) is 9.59 Å². The molecule has 82 valence electrons. The molecule has 0 aromatic heterocycles. The fourth-order valence-electron chi connectivity index (χ4n) is 0.990. The topological polar surface area (TPSA) is 43.4 Å². The van der Waals surface area contributed by atoms with E-state index >= 15 is 0 Å². The van der Waals surface area contributed by atoms with Gasteiger partial charge in [-0.2, -0.15) is 0 Å². The maximum absolute atomic E-state index is 10.9. The Morgan fingerprint density at radius 3 is 2.36 bits per heavy atom. The van der Waals surface area contributed by atoms with Gasteiger partial charge in [0.2, 0.25) is 0 Å². The molecule has 0 saturated heterocycles. The van der Waals surface area contributed by atoms with Crippen LogP contribution in [0.3, 0.4) is 0 Å². The highest BCUT2D eigenvalue weighted by molar-refractivity contribution is 6.17. The molecule has 0 saturated carbocycles. The summed E-state index contributed by atoms with van der Waals surface area (Å²) in [5.74, 6) is 0.108. The van der Waals surface area contributed by atoms with Crippen molar-refractivity contribution in [2.75, 3.05) is 12.5 Å². The molecule has 0 heterocycles. The van der Waals surface area contributed by atoms with Crippen LogP contribution in [0.1, 0.15) is 39.0 Å². The predicted octanol–water partition coefficient (Wildman–Crippen LogP) is 2.31. The lowest BCUT2D eigenvalue weighted by atomic mass is 10.2. The molecule has 0 spiro atoms. The van der Waals surface area contributed by atoms with Crippen molar-refractivity contribution in [3.05, 3.63) is 0 Å². The first-order valence-corrected chi connectivity index (χ1v) is 5.41. The van der Waals surface area contributed by atoms with E-state index < -0.39 is 5.97 Å². The molecule has 14 heavy (non-hydrogen) atoms. The van der Waals surface area contributed by atoms with Gasteiger partial charge in [-0.1, -0.05) is 12.8 Å². The molecule has 0 aliphatic rings. The molecule has 0 fully saturated rings. The maximum Gasteiger partial charge on any atom is 0.313 e. The fraction of sp³-hybridized carbons (Fsp3) is 0.800. The molecule has 0 aliphatic heterocycles. The van der Waals surface area contributed by atoms with E-state index in [2.05, 4.69) is 0 Å². The standard InChI is InChI=1S/C10H17ClO3/c1-9(12)8-10(13)14-7-5-3-2-4-6-11/h2-8H2,1H3. The van der Waals surface area contributed by atoms with Crippen LogP contribution in [-0.4, -0.2) is 24.2 Å². The van der Waals surface area contributed by atoms with Crippen molar-refractivity contribution < 1.29 is 14.3 Å². The van der Waals surface area contributed by atoms with Gasteiger partial charge >= 0.3 is 5.97 Å². The SMILES string of the molecule is CC(=O)CC(=O)OCCCCCCCl. The summed E-state index contributed by atoms with van der Waals surface area (Å²) in [7, 11) is 0. The number of esters is 1. The summed E-state index contributed by atoms with van der Waals surface area (Å²) in [6.07, 6.45) is 3.82. The number of hydrogen-bond acceptors (Lipinski definition) is 3.